The third kappa shape index (κ3) is 3.29. The van der Waals surface area contributed by atoms with E-state index in [1.165, 1.54) is 6.07 Å². The molecule has 1 aliphatic rings. The normalized spacial score (nSPS) is 17.3. The maximum atomic E-state index is 13.5. The van der Waals surface area contributed by atoms with Gasteiger partial charge >= 0.3 is 0 Å². The topological polar surface area (TPSA) is 46.9 Å². The van der Waals surface area contributed by atoms with Crippen molar-refractivity contribution >= 4 is 5.91 Å². The standard InChI is InChI=1S/C16H18FN3O/c17-14-4-2-1-3-13(14)9-16(21)19-10-12-5-6-15-18-7-8-20(15)11-12/h1-4,7-8,12H,5-6,9-11H2,(H,19,21). The number of hydrogen-bond acceptors (Lipinski definition) is 2. The number of rotatable bonds is 4. The molecule has 1 aromatic heterocycles. The summed E-state index contributed by atoms with van der Waals surface area (Å²) in [7, 11) is 0. The number of aromatic nitrogens is 2. The molecule has 5 heteroatoms. The highest BCUT2D eigenvalue weighted by Gasteiger charge is 2.19. The van der Waals surface area contributed by atoms with E-state index in [0.29, 0.717) is 18.0 Å². The molecule has 2 heterocycles. The predicted molar refractivity (Wildman–Crippen MR) is 77.2 cm³/mol. The number of amides is 1. The fraction of sp³-hybridized carbons (Fsp3) is 0.375. The maximum Gasteiger partial charge on any atom is 0.224 e. The average Bonchev–Trinajstić information content (AvgIpc) is 2.95. The lowest BCUT2D eigenvalue weighted by molar-refractivity contribution is -0.120. The first-order valence-corrected chi connectivity index (χ1v) is 7.22. The lowest BCUT2D eigenvalue weighted by Crippen LogP contribution is -2.34. The van der Waals surface area contributed by atoms with E-state index >= 15 is 0 Å². The second kappa shape index (κ2) is 6.08. The molecule has 0 spiro atoms. The minimum absolute atomic E-state index is 0.0930. The van der Waals surface area contributed by atoms with Gasteiger partial charge < -0.3 is 9.88 Å². The van der Waals surface area contributed by atoms with Gasteiger partial charge in [-0.1, -0.05) is 18.2 Å². The highest BCUT2D eigenvalue weighted by atomic mass is 19.1. The van der Waals surface area contributed by atoms with Crippen LogP contribution in [0.25, 0.3) is 0 Å². The summed E-state index contributed by atoms with van der Waals surface area (Å²) in [5.74, 6) is 1.07. The summed E-state index contributed by atoms with van der Waals surface area (Å²) in [5.41, 5.74) is 0.440. The number of hydrogen-bond donors (Lipinski definition) is 1. The predicted octanol–water partition coefficient (Wildman–Crippen LogP) is 1.94. The molecule has 0 fully saturated rings. The van der Waals surface area contributed by atoms with Gasteiger partial charge in [0.1, 0.15) is 11.6 Å². The summed E-state index contributed by atoms with van der Waals surface area (Å²) in [6, 6.07) is 6.40. The number of carbonyl (C=O) groups excluding carboxylic acids is 1. The number of aryl methyl sites for hydroxylation is 1. The van der Waals surface area contributed by atoms with Gasteiger partial charge in [-0.2, -0.15) is 0 Å². The first-order chi connectivity index (χ1) is 10.2. The van der Waals surface area contributed by atoms with Crippen LogP contribution in [0.4, 0.5) is 4.39 Å². The van der Waals surface area contributed by atoms with Crippen LogP contribution >= 0.6 is 0 Å². The molecule has 1 unspecified atom stereocenters. The molecule has 1 amide bonds. The van der Waals surface area contributed by atoms with Crippen LogP contribution in [0.15, 0.2) is 36.7 Å². The second-order valence-corrected chi connectivity index (χ2v) is 5.47. The van der Waals surface area contributed by atoms with Crippen molar-refractivity contribution < 1.29 is 9.18 Å². The van der Waals surface area contributed by atoms with E-state index in [0.717, 1.165) is 25.2 Å². The van der Waals surface area contributed by atoms with Gasteiger partial charge in [-0.3, -0.25) is 4.79 Å². The van der Waals surface area contributed by atoms with Crippen LogP contribution in [-0.4, -0.2) is 22.0 Å². The lowest BCUT2D eigenvalue weighted by atomic mass is 9.99. The van der Waals surface area contributed by atoms with Crippen molar-refractivity contribution in [3.05, 3.63) is 53.9 Å². The summed E-state index contributed by atoms with van der Waals surface area (Å²) in [6.45, 7) is 1.51. The fourth-order valence-corrected chi connectivity index (χ4v) is 2.74. The van der Waals surface area contributed by atoms with E-state index in [1.807, 2.05) is 12.4 Å². The molecule has 1 N–H and O–H groups in total. The van der Waals surface area contributed by atoms with E-state index in [4.69, 9.17) is 0 Å². The zero-order chi connectivity index (χ0) is 14.7. The molecule has 110 valence electrons. The van der Waals surface area contributed by atoms with Gasteiger partial charge in [0.25, 0.3) is 0 Å². The number of nitrogens with zero attached hydrogens (tertiary/aromatic N) is 2. The summed E-state index contributed by atoms with van der Waals surface area (Å²) in [6.07, 6.45) is 5.85. The van der Waals surface area contributed by atoms with Crippen molar-refractivity contribution in [2.24, 2.45) is 5.92 Å². The Labute approximate surface area is 123 Å². The Morgan fingerprint density at radius 3 is 3.14 bits per heavy atom. The molecule has 4 nitrogen and oxygen atoms in total. The summed E-state index contributed by atoms with van der Waals surface area (Å²) in [5, 5.41) is 2.91. The molecule has 1 aliphatic heterocycles. The van der Waals surface area contributed by atoms with Gasteiger partial charge in [0.05, 0.1) is 6.42 Å². The molecule has 0 saturated heterocycles. The molecular formula is C16H18FN3O. The molecule has 21 heavy (non-hydrogen) atoms. The van der Waals surface area contributed by atoms with E-state index in [-0.39, 0.29) is 18.1 Å². The Bertz CT molecular complexity index is 638. The van der Waals surface area contributed by atoms with Crippen LogP contribution in [-0.2, 0) is 24.2 Å². The quantitative estimate of drug-likeness (QED) is 0.934. The minimum atomic E-state index is -0.326. The highest BCUT2D eigenvalue weighted by Crippen LogP contribution is 2.18. The molecule has 0 bridgehead atoms. The molecule has 0 saturated carbocycles. The zero-order valence-corrected chi connectivity index (χ0v) is 11.8. The third-order valence-electron chi connectivity index (χ3n) is 3.93. The monoisotopic (exact) mass is 287 g/mol. The zero-order valence-electron chi connectivity index (χ0n) is 11.8. The number of imidazole rings is 1. The van der Waals surface area contributed by atoms with Crippen LogP contribution in [0.5, 0.6) is 0 Å². The smallest absolute Gasteiger partial charge is 0.224 e. The second-order valence-electron chi connectivity index (χ2n) is 5.47. The van der Waals surface area contributed by atoms with E-state index in [9.17, 15) is 9.18 Å². The molecule has 1 aromatic carbocycles. The Morgan fingerprint density at radius 2 is 2.29 bits per heavy atom. The molecule has 0 aliphatic carbocycles. The van der Waals surface area contributed by atoms with Crippen molar-refractivity contribution in [3.63, 3.8) is 0 Å². The van der Waals surface area contributed by atoms with Gasteiger partial charge in [-0.15, -0.1) is 0 Å². The number of fused-ring (bicyclic) bond motifs is 1. The molecule has 0 radical (unpaired) electrons. The van der Waals surface area contributed by atoms with Crippen LogP contribution in [0.2, 0.25) is 0 Å². The summed E-state index contributed by atoms with van der Waals surface area (Å²) < 4.78 is 15.6. The Morgan fingerprint density at radius 1 is 1.43 bits per heavy atom. The third-order valence-corrected chi connectivity index (χ3v) is 3.93. The SMILES string of the molecule is O=C(Cc1ccccc1F)NCC1CCc2nccn2C1. The molecular weight excluding hydrogens is 269 g/mol. The van der Waals surface area contributed by atoms with Crippen molar-refractivity contribution in [1.29, 1.82) is 0 Å². The van der Waals surface area contributed by atoms with Gasteiger partial charge in [0.2, 0.25) is 5.91 Å². The first-order valence-electron chi connectivity index (χ1n) is 7.22. The van der Waals surface area contributed by atoms with Crippen molar-refractivity contribution in [2.45, 2.75) is 25.8 Å². The largest absolute Gasteiger partial charge is 0.355 e. The Hall–Kier alpha value is -2.17. The van der Waals surface area contributed by atoms with Crippen molar-refractivity contribution in [2.75, 3.05) is 6.54 Å². The Kier molecular flexibility index (Phi) is 3.99. The first kappa shape index (κ1) is 13.8. The highest BCUT2D eigenvalue weighted by molar-refractivity contribution is 5.78. The number of carbonyl (C=O) groups is 1. The van der Waals surface area contributed by atoms with E-state index < -0.39 is 0 Å². The van der Waals surface area contributed by atoms with E-state index in [1.54, 1.807) is 18.2 Å². The Balaban J connectivity index is 1.50. The number of halogens is 1. The van der Waals surface area contributed by atoms with Gasteiger partial charge in [0.15, 0.2) is 0 Å². The van der Waals surface area contributed by atoms with Crippen LogP contribution in [0.1, 0.15) is 17.8 Å². The fourth-order valence-electron chi connectivity index (χ4n) is 2.74. The number of nitrogens with one attached hydrogen (secondary N) is 1. The molecule has 3 rings (SSSR count). The van der Waals surface area contributed by atoms with Gasteiger partial charge in [0, 0.05) is 31.9 Å². The lowest BCUT2D eigenvalue weighted by Gasteiger charge is -2.24. The van der Waals surface area contributed by atoms with Crippen molar-refractivity contribution in [1.82, 2.24) is 14.9 Å². The van der Waals surface area contributed by atoms with Crippen LogP contribution in [0.3, 0.4) is 0 Å². The van der Waals surface area contributed by atoms with Gasteiger partial charge in [-0.25, -0.2) is 9.37 Å². The summed E-state index contributed by atoms with van der Waals surface area (Å²) in [4.78, 5) is 16.2. The average molecular weight is 287 g/mol. The van der Waals surface area contributed by atoms with Crippen LogP contribution in [0, 0.1) is 11.7 Å². The van der Waals surface area contributed by atoms with Crippen LogP contribution < -0.4 is 5.32 Å². The molecule has 2 aromatic rings. The summed E-state index contributed by atoms with van der Waals surface area (Å²) >= 11 is 0. The van der Waals surface area contributed by atoms with Crippen molar-refractivity contribution in [3.8, 4) is 0 Å². The maximum absolute atomic E-state index is 13.5. The number of benzene rings is 1. The van der Waals surface area contributed by atoms with E-state index in [2.05, 4.69) is 14.9 Å². The molecule has 1 atom stereocenters. The minimum Gasteiger partial charge on any atom is -0.355 e. The van der Waals surface area contributed by atoms with Gasteiger partial charge in [-0.05, 0) is 24.0 Å².